The molecular weight excluding hydrogens is 400 g/mol. The predicted octanol–water partition coefficient (Wildman–Crippen LogP) is 3.00. The third kappa shape index (κ3) is 3.83. The van der Waals surface area contributed by atoms with Crippen molar-refractivity contribution in [3.05, 3.63) is 70.4 Å². The lowest BCUT2D eigenvalue weighted by Gasteiger charge is -2.18. The number of carbonyl (C=O) groups is 4. The van der Waals surface area contributed by atoms with Crippen LogP contribution in [0.5, 0.6) is 0 Å². The van der Waals surface area contributed by atoms with Gasteiger partial charge < -0.3 is 15.2 Å². The average molecular weight is 415 g/mol. The van der Waals surface area contributed by atoms with Crippen LogP contribution in [-0.2, 0) is 14.3 Å². The molecule has 8 nitrogen and oxygen atoms in total. The summed E-state index contributed by atoms with van der Waals surface area (Å²) >= 11 is 6.09. The van der Waals surface area contributed by atoms with Crippen LogP contribution >= 0.6 is 11.6 Å². The SMILES string of the molecule is CCOC(=O)c1ccccc1N1C(=O)C(Cl)=C(Nc2cccc(C(=O)O)c2)C1=O. The lowest BCUT2D eigenvalue weighted by atomic mass is 10.1. The van der Waals surface area contributed by atoms with Gasteiger partial charge in [0.05, 0.1) is 23.4 Å². The maximum absolute atomic E-state index is 12.9. The van der Waals surface area contributed by atoms with Gasteiger partial charge in [-0.1, -0.05) is 29.8 Å². The molecule has 148 valence electrons. The van der Waals surface area contributed by atoms with Gasteiger partial charge in [0, 0.05) is 5.69 Å². The molecule has 0 fully saturated rings. The molecule has 0 saturated heterocycles. The van der Waals surface area contributed by atoms with E-state index < -0.39 is 23.8 Å². The standard InChI is InChI=1S/C20H15ClN2O6/c1-2-29-20(28)13-8-3-4-9-14(13)23-17(24)15(21)16(18(23)25)22-12-7-5-6-11(10-12)19(26)27/h3-10,22H,2H2,1H3,(H,26,27). The number of anilines is 2. The van der Waals surface area contributed by atoms with E-state index in [0.717, 1.165) is 4.90 Å². The van der Waals surface area contributed by atoms with Crippen molar-refractivity contribution in [3.63, 3.8) is 0 Å². The number of amides is 2. The number of ether oxygens (including phenoxy) is 1. The Morgan fingerprint density at radius 1 is 1.10 bits per heavy atom. The Bertz CT molecular complexity index is 1060. The first-order chi connectivity index (χ1) is 13.8. The van der Waals surface area contributed by atoms with Crippen molar-refractivity contribution in [1.29, 1.82) is 0 Å². The molecule has 2 aromatic carbocycles. The first-order valence-corrected chi connectivity index (χ1v) is 8.88. The minimum absolute atomic E-state index is 0.00647. The smallest absolute Gasteiger partial charge is 0.340 e. The summed E-state index contributed by atoms with van der Waals surface area (Å²) in [4.78, 5) is 49.7. The molecule has 9 heteroatoms. The van der Waals surface area contributed by atoms with Gasteiger partial charge in [-0.15, -0.1) is 0 Å². The molecule has 1 heterocycles. The van der Waals surface area contributed by atoms with Gasteiger partial charge in [0.1, 0.15) is 10.7 Å². The number of carbonyl (C=O) groups excluding carboxylic acids is 3. The minimum Gasteiger partial charge on any atom is -0.478 e. The molecule has 0 atom stereocenters. The normalized spacial score (nSPS) is 13.7. The van der Waals surface area contributed by atoms with Crippen LogP contribution in [0, 0.1) is 0 Å². The first-order valence-electron chi connectivity index (χ1n) is 8.50. The van der Waals surface area contributed by atoms with Crippen LogP contribution in [0.2, 0.25) is 0 Å². The maximum Gasteiger partial charge on any atom is 0.340 e. The molecule has 0 unspecified atom stereocenters. The quantitative estimate of drug-likeness (QED) is 0.551. The van der Waals surface area contributed by atoms with Gasteiger partial charge in [0.2, 0.25) is 0 Å². The Labute approximate surface area is 170 Å². The number of carboxylic acids is 1. The molecule has 29 heavy (non-hydrogen) atoms. The summed E-state index contributed by atoms with van der Waals surface area (Å²) in [6.07, 6.45) is 0. The number of rotatable bonds is 6. The summed E-state index contributed by atoms with van der Waals surface area (Å²) in [5.74, 6) is -3.43. The topological polar surface area (TPSA) is 113 Å². The monoisotopic (exact) mass is 414 g/mol. The fourth-order valence-corrected chi connectivity index (χ4v) is 2.97. The average Bonchev–Trinajstić information content (AvgIpc) is 2.91. The number of imide groups is 1. The van der Waals surface area contributed by atoms with Crippen LogP contribution in [0.1, 0.15) is 27.6 Å². The van der Waals surface area contributed by atoms with Crippen LogP contribution in [0.3, 0.4) is 0 Å². The number of hydrogen-bond donors (Lipinski definition) is 2. The highest BCUT2D eigenvalue weighted by Crippen LogP contribution is 2.32. The zero-order valence-corrected chi connectivity index (χ0v) is 15.9. The number of nitrogens with zero attached hydrogens (tertiary/aromatic N) is 1. The highest BCUT2D eigenvalue weighted by Gasteiger charge is 2.40. The predicted molar refractivity (Wildman–Crippen MR) is 105 cm³/mol. The van der Waals surface area contributed by atoms with E-state index in [1.807, 2.05) is 0 Å². The number of benzene rings is 2. The van der Waals surface area contributed by atoms with Crippen LogP contribution in [-0.4, -0.2) is 35.5 Å². The van der Waals surface area contributed by atoms with Crippen molar-refractivity contribution in [3.8, 4) is 0 Å². The number of aromatic carboxylic acids is 1. The van der Waals surface area contributed by atoms with Crippen molar-refractivity contribution in [1.82, 2.24) is 0 Å². The third-order valence-corrected chi connectivity index (χ3v) is 4.40. The second kappa shape index (κ2) is 8.15. The van der Waals surface area contributed by atoms with E-state index >= 15 is 0 Å². The molecule has 2 amide bonds. The summed E-state index contributed by atoms with van der Waals surface area (Å²) in [7, 11) is 0. The molecule has 1 aliphatic rings. The number of esters is 1. The summed E-state index contributed by atoms with van der Waals surface area (Å²) in [6.45, 7) is 1.76. The molecule has 0 aromatic heterocycles. The number of carboxylic acid groups (broad SMARTS) is 1. The molecule has 0 radical (unpaired) electrons. The molecule has 0 spiro atoms. The molecule has 0 saturated carbocycles. The van der Waals surface area contributed by atoms with Crippen molar-refractivity contribution in [2.75, 3.05) is 16.8 Å². The van der Waals surface area contributed by atoms with Crippen molar-refractivity contribution < 1.29 is 29.0 Å². The van der Waals surface area contributed by atoms with E-state index in [1.165, 1.54) is 36.4 Å². The van der Waals surface area contributed by atoms with E-state index in [-0.39, 0.29) is 39.8 Å². The lowest BCUT2D eigenvalue weighted by molar-refractivity contribution is -0.120. The molecule has 0 aliphatic carbocycles. The molecule has 0 bridgehead atoms. The van der Waals surface area contributed by atoms with E-state index in [1.54, 1.807) is 19.1 Å². The van der Waals surface area contributed by atoms with Crippen molar-refractivity contribution >= 4 is 46.7 Å². The fourth-order valence-electron chi connectivity index (χ4n) is 2.75. The zero-order valence-electron chi connectivity index (χ0n) is 15.1. The number of hydrogen-bond acceptors (Lipinski definition) is 6. The summed E-state index contributed by atoms with van der Waals surface area (Å²) < 4.78 is 4.98. The van der Waals surface area contributed by atoms with Crippen LogP contribution in [0.4, 0.5) is 11.4 Å². The summed E-state index contributed by atoms with van der Waals surface area (Å²) in [5, 5.41) is 11.4. The fraction of sp³-hybridized carbons (Fsp3) is 0.100. The van der Waals surface area contributed by atoms with Crippen LogP contribution in [0.15, 0.2) is 59.3 Å². The Morgan fingerprint density at radius 2 is 1.83 bits per heavy atom. The molecule has 3 rings (SSSR count). The highest BCUT2D eigenvalue weighted by molar-refractivity contribution is 6.53. The minimum atomic E-state index is -1.15. The highest BCUT2D eigenvalue weighted by atomic mass is 35.5. The Morgan fingerprint density at radius 3 is 2.52 bits per heavy atom. The van der Waals surface area contributed by atoms with E-state index in [0.29, 0.717) is 0 Å². The van der Waals surface area contributed by atoms with Gasteiger partial charge in [-0.05, 0) is 37.3 Å². The molecular formula is C20H15ClN2O6. The first kappa shape index (κ1) is 20.1. The number of nitrogens with one attached hydrogen (secondary N) is 1. The second-order valence-electron chi connectivity index (χ2n) is 5.88. The molecule has 2 N–H and O–H groups in total. The molecule has 2 aromatic rings. The lowest BCUT2D eigenvalue weighted by Crippen LogP contribution is -2.33. The Hall–Kier alpha value is -3.65. The van der Waals surface area contributed by atoms with Crippen LogP contribution in [0.25, 0.3) is 0 Å². The van der Waals surface area contributed by atoms with Gasteiger partial charge in [0.15, 0.2) is 0 Å². The maximum atomic E-state index is 12.9. The van der Waals surface area contributed by atoms with E-state index in [4.69, 9.17) is 21.4 Å². The van der Waals surface area contributed by atoms with E-state index in [2.05, 4.69) is 5.32 Å². The Kier molecular flexibility index (Phi) is 5.65. The molecule has 1 aliphatic heterocycles. The van der Waals surface area contributed by atoms with Crippen molar-refractivity contribution in [2.45, 2.75) is 6.92 Å². The van der Waals surface area contributed by atoms with E-state index in [9.17, 15) is 19.2 Å². The van der Waals surface area contributed by atoms with Gasteiger partial charge >= 0.3 is 11.9 Å². The van der Waals surface area contributed by atoms with Crippen molar-refractivity contribution in [2.24, 2.45) is 0 Å². The summed E-state index contributed by atoms with van der Waals surface area (Å²) in [5.41, 5.74) is 0.107. The largest absolute Gasteiger partial charge is 0.478 e. The van der Waals surface area contributed by atoms with Gasteiger partial charge in [-0.2, -0.15) is 0 Å². The Balaban J connectivity index is 1.95. The summed E-state index contributed by atoms with van der Waals surface area (Å²) in [6, 6.07) is 11.7. The van der Waals surface area contributed by atoms with Gasteiger partial charge in [-0.25, -0.2) is 14.5 Å². The zero-order chi connectivity index (χ0) is 21.1. The third-order valence-electron chi connectivity index (χ3n) is 4.05. The second-order valence-corrected chi connectivity index (χ2v) is 6.26. The van der Waals surface area contributed by atoms with Gasteiger partial charge in [-0.3, -0.25) is 9.59 Å². The number of halogens is 1. The van der Waals surface area contributed by atoms with Gasteiger partial charge in [0.25, 0.3) is 11.8 Å². The van der Waals surface area contributed by atoms with Crippen LogP contribution < -0.4 is 10.2 Å². The number of para-hydroxylation sites is 1.